The number of benzene rings is 1. The first kappa shape index (κ1) is 22.8. The number of alkyl halides is 3. The smallest absolute Gasteiger partial charge is 0.369 e. The van der Waals surface area contributed by atoms with Crippen LogP contribution >= 0.6 is 0 Å². The molecular formula is C20H27F3N4O2S. The van der Waals surface area contributed by atoms with Crippen LogP contribution in [0, 0.1) is 5.92 Å². The zero-order chi connectivity index (χ0) is 21.9. The van der Waals surface area contributed by atoms with Crippen molar-refractivity contribution in [2.24, 2.45) is 5.92 Å². The molecule has 1 aromatic heterocycles. The molecule has 1 aliphatic rings. The van der Waals surface area contributed by atoms with Crippen molar-refractivity contribution < 1.29 is 21.6 Å². The van der Waals surface area contributed by atoms with Gasteiger partial charge in [-0.25, -0.2) is 13.1 Å². The quantitative estimate of drug-likeness (QED) is 0.643. The molecule has 6 nitrogen and oxygen atoms in total. The number of nitrogens with zero attached hydrogens (tertiary/aromatic N) is 2. The van der Waals surface area contributed by atoms with Gasteiger partial charge in [0.05, 0.1) is 16.8 Å². The molecule has 0 spiro atoms. The van der Waals surface area contributed by atoms with E-state index >= 15 is 0 Å². The van der Waals surface area contributed by atoms with E-state index in [1.807, 2.05) is 0 Å². The highest BCUT2D eigenvalue weighted by Gasteiger charge is 2.34. The van der Waals surface area contributed by atoms with Crippen LogP contribution in [0.3, 0.4) is 0 Å². The van der Waals surface area contributed by atoms with Gasteiger partial charge in [0.2, 0.25) is 10.0 Å². The number of piperidine rings is 1. The van der Waals surface area contributed by atoms with Crippen molar-refractivity contribution in [3.05, 3.63) is 36.0 Å². The topological polar surface area (TPSA) is 74.3 Å². The van der Waals surface area contributed by atoms with Crippen LogP contribution in [-0.2, 0) is 16.2 Å². The molecule has 166 valence electrons. The molecule has 0 aliphatic carbocycles. The van der Waals surface area contributed by atoms with Gasteiger partial charge in [0.1, 0.15) is 0 Å². The second-order valence-corrected chi connectivity index (χ2v) is 9.85. The lowest BCUT2D eigenvalue weighted by Gasteiger charge is -2.39. The molecule has 2 heterocycles. The van der Waals surface area contributed by atoms with Crippen LogP contribution in [0.2, 0.25) is 0 Å². The van der Waals surface area contributed by atoms with E-state index in [-0.39, 0.29) is 17.3 Å². The first-order valence-corrected chi connectivity index (χ1v) is 11.6. The molecule has 1 aromatic carbocycles. The average molecular weight is 445 g/mol. The molecule has 1 saturated heterocycles. The van der Waals surface area contributed by atoms with E-state index in [1.54, 1.807) is 12.1 Å². The number of halogens is 3. The van der Waals surface area contributed by atoms with Crippen LogP contribution in [0.5, 0.6) is 0 Å². The monoisotopic (exact) mass is 444 g/mol. The maximum absolute atomic E-state index is 13.4. The summed E-state index contributed by atoms with van der Waals surface area (Å²) in [6.07, 6.45) is -1.67. The van der Waals surface area contributed by atoms with Gasteiger partial charge in [0.15, 0.2) is 0 Å². The Bertz CT molecular complexity index is 982. The highest BCUT2D eigenvalue weighted by Crippen LogP contribution is 2.38. The summed E-state index contributed by atoms with van der Waals surface area (Å²) < 4.78 is 65.5. The van der Waals surface area contributed by atoms with Crippen LogP contribution < -0.4 is 14.9 Å². The normalized spacial score (nSPS) is 20.6. The summed E-state index contributed by atoms with van der Waals surface area (Å²) in [7, 11) is -1.83. The van der Waals surface area contributed by atoms with Crippen LogP contribution in [-0.4, -0.2) is 51.9 Å². The molecule has 2 aromatic rings. The van der Waals surface area contributed by atoms with E-state index in [0.717, 1.165) is 24.7 Å². The summed E-state index contributed by atoms with van der Waals surface area (Å²) in [5.74, 6) is 0.392. The third-order valence-electron chi connectivity index (χ3n) is 5.39. The Morgan fingerprint density at radius 3 is 2.70 bits per heavy atom. The molecule has 30 heavy (non-hydrogen) atoms. The average Bonchev–Trinajstić information content (AvgIpc) is 2.69. The molecule has 0 amide bonds. The van der Waals surface area contributed by atoms with Crippen molar-refractivity contribution in [3.8, 4) is 0 Å². The van der Waals surface area contributed by atoms with Crippen molar-refractivity contribution >= 4 is 26.6 Å². The van der Waals surface area contributed by atoms with Gasteiger partial charge in [-0.1, -0.05) is 6.92 Å². The van der Waals surface area contributed by atoms with E-state index in [1.165, 1.54) is 19.3 Å². The Labute approximate surface area is 174 Å². The molecule has 0 saturated carbocycles. The predicted octanol–water partition coefficient (Wildman–Crippen LogP) is 3.00. The molecule has 1 aliphatic heterocycles. The Balaban J connectivity index is 1.76. The van der Waals surface area contributed by atoms with Crippen molar-refractivity contribution in [2.75, 3.05) is 37.3 Å². The minimum atomic E-state index is -4.46. The van der Waals surface area contributed by atoms with Crippen molar-refractivity contribution in [1.82, 2.24) is 15.0 Å². The van der Waals surface area contributed by atoms with E-state index in [9.17, 15) is 21.6 Å². The van der Waals surface area contributed by atoms with Crippen LogP contribution in [0.25, 0.3) is 10.9 Å². The van der Waals surface area contributed by atoms with Gasteiger partial charge in [-0.3, -0.25) is 4.98 Å². The first-order valence-electron chi connectivity index (χ1n) is 9.95. The van der Waals surface area contributed by atoms with E-state index in [0.29, 0.717) is 30.8 Å². The molecule has 10 heteroatoms. The van der Waals surface area contributed by atoms with Gasteiger partial charge in [-0.05, 0) is 56.6 Å². The molecule has 0 bridgehead atoms. The molecule has 0 radical (unpaired) electrons. The fourth-order valence-corrected chi connectivity index (χ4v) is 4.76. The summed E-state index contributed by atoms with van der Waals surface area (Å²) in [4.78, 5) is 6.11. The number of pyridine rings is 1. The van der Waals surface area contributed by atoms with Crippen molar-refractivity contribution in [2.45, 2.75) is 32.0 Å². The fraction of sp³-hybridized carbons (Fsp3) is 0.550. The lowest BCUT2D eigenvalue weighted by Crippen LogP contribution is -2.49. The minimum absolute atomic E-state index is 0.0393. The van der Waals surface area contributed by atoms with E-state index in [2.05, 4.69) is 26.8 Å². The second kappa shape index (κ2) is 9.07. The maximum Gasteiger partial charge on any atom is 0.418 e. The SMILES string of the molecule is CNS(=O)(=O)CCCN[C@@H]1C[C@H](C)CN(c2ccc(C(F)(F)F)c3ncccc23)C1. The highest BCUT2D eigenvalue weighted by atomic mass is 32.2. The third kappa shape index (κ3) is 5.41. The fourth-order valence-electron chi connectivity index (χ4n) is 4.03. The zero-order valence-electron chi connectivity index (χ0n) is 17.0. The Kier molecular flexibility index (Phi) is 6.88. The summed E-state index contributed by atoms with van der Waals surface area (Å²) in [6.45, 7) is 4.04. The van der Waals surface area contributed by atoms with Gasteiger partial charge in [0, 0.05) is 36.4 Å². The van der Waals surface area contributed by atoms with Gasteiger partial charge in [0.25, 0.3) is 0 Å². The lowest BCUT2D eigenvalue weighted by atomic mass is 9.94. The summed E-state index contributed by atoms with van der Waals surface area (Å²) in [6, 6.07) is 6.09. The Morgan fingerprint density at radius 1 is 1.23 bits per heavy atom. The van der Waals surface area contributed by atoms with Crippen molar-refractivity contribution in [1.29, 1.82) is 0 Å². The number of hydrogen-bond acceptors (Lipinski definition) is 5. The van der Waals surface area contributed by atoms with E-state index < -0.39 is 21.8 Å². The summed E-state index contributed by atoms with van der Waals surface area (Å²) in [5, 5.41) is 3.89. The molecular weight excluding hydrogens is 417 g/mol. The number of anilines is 1. The minimum Gasteiger partial charge on any atom is -0.369 e. The van der Waals surface area contributed by atoms with E-state index in [4.69, 9.17) is 0 Å². The molecule has 0 unspecified atom stereocenters. The maximum atomic E-state index is 13.4. The third-order valence-corrected chi connectivity index (χ3v) is 6.83. The standard InChI is InChI=1S/C20H27F3N4O2S/c1-14-11-15(25-9-4-10-30(28,29)24-2)13-27(12-14)18-7-6-17(20(21,22)23)19-16(18)5-3-8-26-19/h3,5-8,14-15,24-25H,4,9-13H2,1-2H3/t14-,15+/m0/s1. The Hall–Kier alpha value is -1.91. The number of rotatable bonds is 7. The number of sulfonamides is 1. The van der Waals surface area contributed by atoms with Gasteiger partial charge in [-0.15, -0.1) is 0 Å². The predicted molar refractivity (Wildman–Crippen MR) is 112 cm³/mol. The molecule has 3 rings (SSSR count). The number of fused-ring (bicyclic) bond motifs is 1. The molecule has 1 fully saturated rings. The van der Waals surface area contributed by atoms with Gasteiger partial charge >= 0.3 is 6.18 Å². The van der Waals surface area contributed by atoms with Crippen LogP contribution in [0.4, 0.5) is 18.9 Å². The largest absolute Gasteiger partial charge is 0.418 e. The van der Waals surface area contributed by atoms with Gasteiger partial charge in [-0.2, -0.15) is 13.2 Å². The number of nitrogens with one attached hydrogen (secondary N) is 2. The molecule has 2 atom stereocenters. The molecule has 2 N–H and O–H groups in total. The summed E-state index contributed by atoms with van der Waals surface area (Å²) >= 11 is 0. The van der Waals surface area contributed by atoms with Crippen LogP contribution in [0.1, 0.15) is 25.3 Å². The number of aromatic nitrogens is 1. The Morgan fingerprint density at radius 2 is 2.00 bits per heavy atom. The van der Waals surface area contributed by atoms with Crippen molar-refractivity contribution in [3.63, 3.8) is 0 Å². The summed E-state index contributed by atoms with van der Waals surface area (Å²) in [5.41, 5.74) is -0.0305. The lowest BCUT2D eigenvalue weighted by molar-refractivity contribution is -0.136. The second-order valence-electron chi connectivity index (χ2n) is 7.80. The van der Waals surface area contributed by atoms with Crippen LogP contribution in [0.15, 0.2) is 30.5 Å². The zero-order valence-corrected chi connectivity index (χ0v) is 17.9. The number of hydrogen-bond donors (Lipinski definition) is 2. The van der Waals surface area contributed by atoms with Gasteiger partial charge < -0.3 is 10.2 Å². The highest BCUT2D eigenvalue weighted by molar-refractivity contribution is 7.89. The first-order chi connectivity index (χ1) is 14.1.